The van der Waals surface area contributed by atoms with Gasteiger partial charge in [-0.05, 0) is 155 Å². The van der Waals surface area contributed by atoms with Crippen LogP contribution in [0.1, 0.15) is 0 Å². The molecule has 0 amide bonds. The fraction of sp³-hybridized carbons (Fsp3) is 0. The van der Waals surface area contributed by atoms with Crippen molar-refractivity contribution in [3.8, 4) is 0 Å². The summed E-state index contributed by atoms with van der Waals surface area (Å²) in [5.74, 6) is -0.550. The summed E-state index contributed by atoms with van der Waals surface area (Å²) >= 11 is 0. The number of para-hydroxylation sites is 2. The van der Waals surface area contributed by atoms with Crippen molar-refractivity contribution >= 4 is 99.5 Å². The van der Waals surface area contributed by atoms with Crippen LogP contribution in [0, 0.1) is 11.6 Å². The number of hydrogen-bond acceptors (Lipinski definition) is 4. The SMILES string of the molecule is Fc1ccc(N(c2ccccc2)c2ccc3cc4c(cc3c2)oc2ccc3oc5cc6cc(N(c7ccccc7)c7ccc(F)cc7)ccc6cc5c3c24)cc1. The maximum atomic E-state index is 13.9. The number of halogens is 2. The lowest BCUT2D eigenvalue weighted by molar-refractivity contribution is 0.627. The van der Waals surface area contributed by atoms with Gasteiger partial charge in [0.1, 0.15) is 34.0 Å². The van der Waals surface area contributed by atoms with Crippen LogP contribution >= 0.6 is 0 Å². The maximum Gasteiger partial charge on any atom is 0.136 e. The minimum Gasteiger partial charge on any atom is -0.456 e. The smallest absolute Gasteiger partial charge is 0.136 e. The lowest BCUT2D eigenvalue weighted by atomic mass is 10.0. The Morgan fingerprint density at radius 1 is 0.304 bits per heavy atom. The maximum absolute atomic E-state index is 13.9. The first-order valence-corrected chi connectivity index (χ1v) is 18.4. The lowest BCUT2D eigenvalue weighted by Gasteiger charge is -2.25. The molecule has 6 heteroatoms. The van der Waals surface area contributed by atoms with Crippen molar-refractivity contribution < 1.29 is 17.6 Å². The van der Waals surface area contributed by atoms with Gasteiger partial charge in [0.15, 0.2) is 0 Å². The Kier molecular flexibility index (Phi) is 7.19. The highest BCUT2D eigenvalue weighted by atomic mass is 19.1. The first-order valence-electron chi connectivity index (χ1n) is 18.4. The molecule has 2 aromatic heterocycles. The summed E-state index contributed by atoms with van der Waals surface area (Å²) in [5.41, 5.74) is 8.72. The Balaban J connectivity index is 1.04. The van der Waals surface area contributed by atoms with E-state index in [2.05, 4.69) is 70.5 Å². The van der Waals surface area contributed by atoms with Crippen LogP contribution in [-0.2, 0) is 0 Å². The third-order valence-corrected chi connectivity index (χ3v) is 10.7. The molecular weight excluding hydrogens is 699 g/mol. The van der Waals surface area contributed by atoms with Gasteiger partial charge in [0, 0.05) is 55.7 Å². The Morgan fingerprint density at radius 2 is 0.679 bits per heavy atom. The third-order valence-electron chi connectivity index (χ3n) is 10.7. The van der Waals surface area contributed by atoms with Crippen molar-refractivity contribution in [2.45, 2.75) is 0 Å². The van der Waals surface area contributed by atoms with E-state index in [4.69, 9.17) is 8.83 Å². The van der Waals surface area contributed by atoms with Crippen LogP contribution in [0.3, 0.4) is 0 Å². The van der Waals surface area contributed by atoms with E-state index in [-0.39, 0.29) is 11.6 Å². The molecule has 0 atom stereocenters. The Morgan fingerprint density at radius 3 is 1.09 bits per heavy atom. The summed E-state index contributed by atoms with van der Waals surface area (Å²) in [7, 11) is 0. The number of rotatable bonds is 6. The molecule has 11 rings (SSSR count). The molecule has 0 saturated heterocycles. The van der Waals surface area contributed by atoms with E-state index in [1.807, 2.05) is 72.8 Å². The van der Waals surface area contributed by atoms with Crippen molar-refractivity contribution in [1.82, 2.24) is 0 Å². The Labute approximate surface area is 319 Å². The number of nitrogens with zero attached hydrogens (tertiary/aromatic N) is 2. The molecule has 0 aliphatic carbocycles. The normalized spacial score (nSPS) is 11.8. The van der Waals surface area contributed by atoms with E-state index in [9.17, 15) is 8.78 Å². The van der Waals surface area contributed by atoms with Crippen LogP contribution in [0.4, 0.5) is 42.9 Å². The molecule has 9 aromatic carbocycles. The molecule has 56 heavy (non-hydrogen) atoms. The quantitative estimate of drug-likeness (QED) is 0.171. The molecule has 0 aliphatic rings. The monoisotopic (exact) mass is 728 g/mol. The topological polar surface area (TPSA) is 32.8 Å². The first kappa shape index (κ1) is 32.0. The van der Waals surface area contributed by atoms with Gasteiger partial charge >= 0.3 is 0 Å². The van der Waals surface area contributed by atoms with Crippen molar-refractivity contribution in [3.63, 3.8) is 0 Å². The van der Waals surface area contributed by atoms with Crippen LogP contribution in [0.2, 0.25) is 0 Å². The summed E-state index contributed by atoms with van der Waals surface area (Å²) in [5, 5.41) is 8.25. The van der Waals surface area contributed by atoms with Crippen LogP contribution in [0.25, 0.3) is 65.4 Å². The molecule has 0 radical (unpaired) electrons. The molecule has 266 valence electrons. The van der Waals surface area contributed by atoms with Crippen molar-refractivity contribution in [2.75, 3.05) is 9.80 Å². The second-order valence-electron chi connectivity index (χ2n) is 14.1. The summed E-state index contributed by atoms with van der Waals surface area (Å²) in [6.07, 6.45) is 0. The van der Waals surface area contributed by atoms with Crippen LogP contribution in [0.5, 0.6) is 0 Å². The van der Waals surface area contributed by atoms with Gasteiger partial charge in [-0.15, -0.1) is 0 Å². The Hall–Kier alpha value is -7.44. The summed E-state index contributed by atoms with van der Waals surface area (Å²) in [4.78, 5) is 4.25. The molecule has 0 aliphatic heterocycles. The zero-order chi connectivity index (χ0) is 37.3. The average molecular weight is 729 g/mol. The fourth-order valence-corrected chi connectivity index (χ4v) is 8.10. The highest BCUT2D eigenvalue weighted by molar-refractivity contribution is 6.27. The van der Waals surface area contributed by atoms with Gasteiger partial charge in [0.05, 0.1) is 0 Å². The molecule has 0 bridgehead atoms. The minimum atomic E-state index is -0.275. The van der Waals surface area contributed by atoms with Gasteiger partial charge in [-0.25, -0.2) is 8.78 Å². The molecule has 0 N–H and O–H groups in total. The molecular formula is C50H30F2N2O2. The second-order valence-corrected chi connectivity index (χ2v) is 14.1. The van der Waals surface area contributed by atoms with Crippen LogP contribution in [-0.4, -0.2) is 0 Å². The van der Waals surface area contributed by atoms with E-state index in [0.717, 1.165) is 99.5 Å². The number of hydrogen-bond donors (Lipinski definition) is 0. The standard InChI is InChI=1S/C50H30F2N2O2/c51-35-13-19-39(20-14-35)53(37-7-3-1-4-8-37)41-17-11-31-27-43-47(29-33(31)25-41)55-45-23-24-46-50(49(43)45)44-28-32-12-18-42(26-34(32)30-48(44)56-46)54(38-9-5-2-6-10-38)40-21-15-36(52)16-22-40/h1-30H. The van der Waals surface area contributed by atoms with E-state index < -0.39 is 0 Å². The first-order chi connectivity index (χ1) is 27.5. The molecule has 0 saturated carbocycles. The predicted octanol–water partition coefficient (Wildman–Crippen LogP) is 15.0. The van der Waals surface area contributed by atoms with E-state index >= 15 is 0 Å². The van der Waals surface area contributed by atoms with Gasteiger partial charge in [-0.2, -0.15) is 0 Å². The molecule has 4 nitrogen and oxygen atoms in total. The summed E-state index contributed by atoms with van der Waals surface area (Å²) in [6.45, 7) is 0. The number of anilines is 6. The van der Waals surface area contributed by atoms with E-state index in [0.29, 0.717) is 0 Å². The third kappa shape index (κ3) is 5.26. The predicted molar refractivity (Wildman–Crippen MR) is 225 cm³/mol. The highest BCUT2D eigenvalue weighted by Gasteiger charge is 2.20. The van der Waals surface area contributed by atoms with Crippen LogP contribution in [0.15, 0.2) is 191 Å². The van der Waals surface area contributed by atoms with E-state index in [1.165, 1.54) is 24.3 Å². The van der Waals surface area contributed by atoms with Crippen molar-refractivity contribution in [2.24, 2.45) is 0 Å². The van der Waals surface area contributed by atoms with Gasteiger partial charge in [-0.3, -0.25) is 0 Å². The highest BCUT2D eigenvalue weighted by Crippen LogP contribution is 2.44. The summed E-state index contributed by atoms with van der Waals surface area (Å²) < 4.78 is 41.0. The molecule has 11 aromatic rings. The molecule has 0 fully saturated rings. The number of furan rings is 2. The van der Waals surface area contributed by atoms with Gasteiger partial charge < -0.3 is 18.6 Å². The number of benzene rings is 9. The van der Waals surface area contributed by atoms with Gasteiger partial charge in [0.25, 0.3) is 0 Å². The minimum absolute atomic E-state index is 0.275. The molecule has 0 spiro atoms. The van der Waals surface area contributed by atoms with Crippen LogP contribution < -0.4 is 9.80 Å². The van der Waals surface area contributed by atoms with Crippen molar-refractivity contribution in [1.29, 1.82) is 0 Å². The van der Waals surface area contributed by atoms with Gasteiger partial charge in [0.2, 0.25) is 0 Å². The number of fused-ring (bicyclic) bond motifs is 9. The average Bonchev–Trinajstić information content (AvgIpc) is 3.78. The zero-order valence-electron chi connectivity index (χ0n) is 29.8. The summed E-state index contributed by atoms with van der Waals surface area (Å²) in [6, 6.07) is 58.6. The van der Waals surface area contributed by atoms with E-state index in [1.54, 1.807) is 24.3 Å². The molecule has 0 unspecified atom stereocenters. The second kappa shape index (κ2) is 12.6. The zero-order valence-corrected chi connectivity index (χ0v) is 29.8. The van der Waals surface area contributed by atoms with Crippen molar-refractivity contribution in [3.05, 3.63) is 194 Å². The van der Waals surface area contributed by atoms with Gasteiger partial charge in [-0.1, -0.05) is 48.5 Å². The molecule has 2 heterocycles. The Bertz CT molecular complexity index is 3040. The largest absolute Gasteiger partial charge is 0.456 e. The lowest BCUT2D eigenvalue weighted by Crippen LogP contribution is -2.09. The fourth-order valence-electron chi connectivity index (χ4n) is 8.10.